The highest BCUT2D eigenvalue weighted by atomic mass is 35.5. The van der Waals surface area contributed by atoms with E-state index in [2.05, 4.69) is 10.6 Å². The van der Waals surface area contributed by atoms with E-state index in [-0.39, 0.29) is 17.0 Å². The first-order valence-corrected chi connectivity index (χ1v) is 11.3. The van der Waals surface area contributed by atoms with Gasteiger partial charge in [-0.1, -0.05) is 18.0 Å². The number of carbonyl (C=O) groups excluding carboxylic acids is 1. The Kier molecular flexibility index (Phi) is 7.10. The van der Waals surface area contributed by atoms with Crippen LogP contribution in [0.25, 0.3) is 0 Å². The molecule has 1 atom stereocenters. The number of halogens is 2. The normalized spacial score (nSPS) is 17.7. The Labute approximate surface area is 175 Å². The minimum absolute atomic E-state index is 0.0826. The number of urea groups is 1. The molecule has 156 valence electrons. The van der Waals surface area contributed by atoms with Gasteiger partial charge in [-0.05, 0) is 67.8 Å². The highest BCUT2D eigenvalue weighted by Gasteiger charge is 2.33. The molecular weight excluding hydrogens is 417 g/mol. The van der Waals surface area contributed by atoms with Crippen molar-refractivity contribution in [3.05, 3.63) is 59.4 Å². The molecule has 2 aromatic carbocycles. The fourth-order valence-electron chi connectivity index (χ4n) is 3.38. The van der Waals surface area contributed by atoms with Crippen molar-refractivity contribution in [2.45, 2.75) is 36.6 Å². The van der Waals surface area contributed by atoms with Gasteiger partial charge in [0.1, 0.15) is 5.82 Å². The van der Waals surface area contributed by atoms with Gasteiger partial charge in [0.25, 0.3) is 0 Å². The largest absolute Gasteiger partial charge is 0.338 e. The van der Waals surface area contributed by atoms with Crippen molar-refractivity contribution in [3.63, 3.8) is 0 Å². The van der Waals surface area contributed by atoms with Crippen LogP contribution in [0.3, 0.4) is 0 Å². The molecular formula is C20H23ClFN3O3S. The maximum absolute atomic E-state index is 13.2. The molecule has 1 heterocycles. The number of carbonyl (C=O) groups is 1. The molecule has 0 spiro atoms. The van der Waals surface area contributed by atoms with E-state index in [0.29, 0.717) is 30.2 Å². The predicted molar refractivity (Wildman–Crippen MR) is 111 cm³/mol. The van der Waals surface area contributed by atoms with Gasteiger partial charge < -0.3 is 10.6 Å². The number of sulfonamides is 1. The fourth-order valence-corrected chi connectivity index (χ4v) is 5.23. The second-order valence-corrected chi connectivity index (χ2v) is 9.22. The Morgan fingerprint density at radius 3 is 2.48 bits per heavy atom. The van der Waals surface area contributed by atoms with E-state index in [1.165, 1.54) is 16.4 Å². The number of hydrogen-bond acceptors (Lipinski definition) is 3. The monoisotopic (exact) mass is 439 g/mol. The minimum atomic E-state index is -3.71. The molecule has 2 N–H and O–H groups in total. The molecule has 1 aliphatic heterocycles. The van der Waals surface area contributed by atoms with Crippen molar-refractivity contribution in [3.8, 4) is 0 Å². The summed E-state index contributed by atoms with van der Waals surface area (Å²) in [6.07, 6.45) is 2.92. The van der Waals surface area contributed by atoms with E-state index in [9.17, 15) is 17.6 Å². The summed E-state index contributed by atoms with van der Waals surface area (Å²) in [5, 5.41) is 6.04. The summed E-state index contributed by atoms with van der Waals surface area (Å²) < 4.78 is 40.6. The number of amides is 2. The lowest BCUT2D eigenvalue weighted by Crippen LogP contribution is -2.45. The molecule has 9 heteroatoms. The topological polar surface area (TPSA) is 78.5 Å². The standard InChI is InChI=1S/C20H23ClFN3O3S/c21-15-4-8-17(9-5-15)24-20(26)23-13-12-18-3-1-2-14-25(18)29(27,28)19-10-6-16(22)7-11-19/h4-11,18H,1-3,12-14H2,(H2,23,24,26). The van der Waals surface area contributed by atoms with Crippen molar-refractivity contribution >= 4 is 33.3 Å². The zero-order chi connectivity index (χ0) is 20.9. The van der Waals surface area contributed by atoms with Gasteiger partial charge in [-0.3, -0.25) is 0 Å². The average molecular weight is 440 g/mol. The van der Waals surface area contributed by atoms with Crippen LogP contribution in [0.1, 0.15) is 25.7 Å². The number of rotatable bonds is 6. The van der Waals surface area contributed by atoms with Gasteiger partial charge >= 0.3 is 6.03 Å². The molecule has 1 aliphatic rings. The number of nitrogens with zero attached hydrogens (tertiary/aromatic N) is 1. The van der Waals surface area contributed by atoms with E-state index < -0.39 is 15.8 Å². The highest BCUT2D eigenvalue weighted by molar-refractivity contribution is 7.89. The molecule has 1 fully saturated rings. The molecule has 0 radical (unpaired) electrons. The summed E-state index contributed by atoms with van der Waals surface area (Å²) in [6.45, 7) is 0.751. The van der Waals surface area contributed by atoms with Crippen LogP contribution in [0.15, 0.2) is 53.4 Å². The first-order valence-electron chi connectivity index (χ1n) is 9.44. The maximum atomic E-state index is 13.2. The van der Waals surface area contributed by atoms with E-state index in [1.807, 2.05) is 0 Å². The lowest BCUT2D eigenvalue weighted by molar-refractivity contribution is 0.234. The van der Waals surface area contributed by atoms with E-state index in [1.54, 1.807) is 24.3 Å². The Bertz CT molecular complexity index is 936. The van der Waals surface area contributed by atoms with Gasteiger partial charge in [0.15, 0.2) is 0 Å². The molecule has 0 aromatic heterocycles. The van der Waals surface area contributed by atoms with Crippen molar-refractivity contribution in [1.82, 2.24) is 9.62 Å². The first kappa shape index (κ1) is 21.5. The van der Waals surface area contributed by atoms with Crippen LogP contribution in [0, 0.1) is 5.82 Å². The van der Waals surface area contributed by atoms with Crippen LogP contribution in [0.4, 0.5) is 14.9 Å². The second-order valence-electron chi connectivity index (χ2n) is 6.90. The van der Waals surface area contributed by atoms with Crippen molar-refractivity contribution < 1.29 is 17.6 Å². The number of anilines is 1. The molecule has 2 amide bonds. The summed E-state index contributed by atoms with van der Waals surface area (Å²) in [7, 11) is -3.71. The number of piperidine rings is 1. The molecule has 29 heavy (non-hydrogen) atoms. The molecule has 0 bridgehead atoms. The number of hydrogen-bond donors (Lipinski definition) is 2. The van der Waals surface area contributed by atoms with E-state index in [0.717, 1.165) is 31.4 Å². The van der Waals surface area contributed by atoms with Crippen molar-refractivity contribution in [2.24, 2.45) is 0 Å². The van der Waals surface area contributed by atoms with Crippen LogP contribution in [0.2, 0.25) is 5.02 Å². The molecule has 3 rings (SSSR count). The van der Waals surface area contributed by atoms with Gasteiger partial charge in [0.2, 0.25) is 10.0 Å². The molecule has 2 aromatic rings. The summed E-state index contributed by atoms with van der Waals surface area (Å²) in [4.78, 5) is 12.1. The fraction of sp³-hybridized carbons (Fsp3) is 0.350. The third-order valence-electron chi connectivity index (χ3n) is 4.86. The predicted octanol–water partition coefficient (Wildman–Crippen LogP) is 4.23. The summed E-state index contributed by atoms with van der Waals surface area (Å²) in [5.41, 5.74) is 0.616. The molecule has 1 unspecified atom stereocenters. The van der Waals surface area contributed by atoms with Crippen molar-refractivity contribution in [1.29, 1.82) is 0 Å². The third-order valence-corrected chi connectivity index (χ3v) is 7.08. The molecule has 0 aliphatic carbocycles. The zero-order valence-corrected chi connectivity index (χ0v) is 17.3. The summed E-state index contributed by atoms with van der Waals surface area (Å²) in [5.74, 6) is -0.477. The van der Waals surface area contributed by atoms with Crippen LogP contribution >= 0.6 is 11.6 Å². The van der Waals surface area contributed by atoms with Gasteiger partial charge in [-0.25, -0.2) is 17.6 Å². The lowest BCUT2D eigenvalue weighted by Gasteiger charge is -2.34. The van der Waals surface area contributed by atoms with Crippen LogP contribution < -0.4 is 10.6 Å². The average Bonchev–Trinajstić information content (AvgIpc) is 2.70. The van der Waals surface area contributed by atoms with Gasteiger partial charge in [0.05, 0.1) is 4.90 Å². The van der Waals surface area contributed by atoms with Crippen LogP contribution in [-0.4, -0.2) is 37.9 Å². The summed E-state index contributed by atoms with van der Waals surface area (Å²) >= 11 is 5.82. The zero-order valence-electron chi connectivity index (χ0n) is 15.8. The van der Waals surface area contributed by atoms with Crippen LogP contribution in [0.5, 0.6) is 0 Å². The molecule has 0 saturated carbocycles. The minimum Gasteiger partial charge on any atom is -0.338 e. The molecule has 1 saturated heterocycles. The Morgan fingerprint density at radius 1 is 1.10 bits per heavy atom. The smallest absolute Gasteiger partial charge is 0.319 e. The second kappa shape index (κ2) is 9.56. The number of nitrogens with one attached hydrogen (secondary N) is 2. The van der Waals surface area contributed by atoms with E-state index in [4.69, 9.17) is 11.6 Å². The SMILES string of the molecule is O=C(NCCC1CCCCN1S(=O)(=O)c1ccc(F)cc1)Nc1ccc(Cl)cc1. The number of benzene rings is 2. The Hall–Kier alpha value is -2.16. The third kappa shape index (κ3) is 5.68. The maximum Gasteiger partial charge on any atom is 0.319 e. The van der Waals surface area contributed by atoms with Crippen molar-refractivity contribution in [2.75, 3.05) is 18.4 Å². The van der Waals surface area contributed by atoms with Gasteiger partial charge in [-0.15, -0.1) is 0 Å². The van der Waals surface area contributed by atoms with Gasteiger partial charge in [-0.2, -0.15) is 4.31 Å². The lowest BCUT2D eigenvalue weighted by atomic mass is 10.0. The van der Waals surface area contributed by atoms with E-state index >= 15 is 0 Å². The van der Waals surface area contributed by atoms with Crippen LogP contribution in [-0.2, 0) is 10.0 Å². The highest BCUT2D eigenvalue weighted by Crippen LogP contribution is 2.27. The Balaban J connectivity index is 1.57. The quantitative estimate of drug-likeness (QED) is 0.706. The first-order chi connectivity index (χ1) is 13.9. The van der Waals surface area contributed by atoms with Gasteiger partial charge in [0, 0.05) is 29.8 Å². The Morgan fingerprint density at radius 2 is 1.79 bits per heavy atom. The molecule has 6 nitrogen and oxygen atoms in total. The summed E-state index contributed by atoms with van der Waals surface area (Å²) in [6, 6.07) is 11.0.